The predicted octanol–water partition coefficient (Wildman–Crippen LogP) is 2.31. The number of nitrogens with two attached hydrogens (primary N) is 1. The van der Waals surface area contributed by atoms with E-state index >= 15 is 0 Å². The van der Waals surface area contributed by atoms with E-state index in [4.69, 9.17) is 10.3 Å². The van der Waals surface area contributed by atoms with E-state index in [1.807, 2.05) is 31.3 Å². The van der Waals surface area contributed by atoms with Crippen LogP contribution in [0.5, 0.6) is 0 Å². The summed E-state index contributed by atoms with van der Waals surface area (Å²) in [6.45, 7) is 1.61. The highest BCUT2D eigenvalue weighted by Gasteiger charge is 2.04. The first-order chi connectivity index (χ1) is 7.74. The van der Waals surface area contributed by atoms with Crippen LogP contribution in [0.4, 0.5) is 5.69 Å². The van der Waals surface area contributed by atoms with Gasteiger partial charge in [-0.3, -0.25) is 4.90 Å². The van der Waals surface area contributed by atoms with Crippen molar-refractivity contribution in [2.75, 3.05) is 12.8 Å². The summed E-state index contributed by atoms with van der Waals surface area (Å²) in [7, 11) is 2.04. The molecule has 0 amide bonds. The molecule has 5 heteroatoms. The van der Waals surface area contributed by atoms with Crippen LogP contribution in [0.15, 0.2) is 41.1 Å². The van der Waals surface area contributed by atoms with E-state index in [-0.39, 0.29) is 12.4 Å². The summed E-state index contributed by atoms with van der Waals surface area (Å²) >= 11 is 0. The van der Waals surface area contributed by atoms with Crippen LogP contribution in [0.3, 0.4) is 0 Å². The van der Waals surface area contributed by atoms with Crippen LogP contribution in [0.25, 0.3) is 0 Å². The molecule has 2 rings (SSSR count). The molecule has 1 aromatic heterocycles. The van der Waals surface area contributed by atoms with Gasteiger partial charge in [-0.15, -0.1) is 12.4 Å². The van der Waals surface area contributed by atoms with Crippen molar-refractivity contribution in [2.45, 2.75) is 13.1 Å². The van der Waals surface area contributed by atoms with Gasteiger partial charge in [-0.2, -0.15) is 0 Å². The van der Waals surface area contributed by atoms with Crippen LogP contribution >= 0.6 is 12.4 Å². The highest BCUT2D eigenvalue weighted by molar-refractivity contribution is 5.85. The first kappa shape index (κ1) is 13.5. The number of nitrogens with zero attached hydrogens (tertiary/aromatic N) is 2. The predicted molar refractivity (Wildman–Crippen MR) is 69.8 cm³/mol. The monoisotopic (exact) mass is 253 g/mol. The Morgan fingerprint density at radius 1 is 1.29 bits per heavy atom. The zero-order chi connectivity index (χ0) is 11.4. The van der Waals surface area contributed by atoms with E-state index in [1.54, 1.807) is 6.26 Å². The van der Waals surface area contributed by atoms with Gasteiger partial charge in [-0.05, 0) is 24.7 Å². The summed E-state index contributed by atoms with van der Waals surface area (Å²) in [4.78, 5) is 2.16. The molecule has 0 fully saturated rings. The maximum atomic E-state index is 5.72. The quantitative estimate of drug-likeness (QED) is 0.850. The highest BCUT2D eigenvalue weighted by atomic mass is 35.5. The fourth-order valence-electron chi connectivity index (χ4n) is 1.65. The maximum Gasteiger partial charge on any atom is 0.124 e. The number of hydrogen-bond acceptors (Lipinski definition) is 4. The number of hydrogen-bond donors (Lipinski definition) is 1. The van der Waals surface area contributed by atoms with Gasteiger partial charge in [-0.25, -0.2) is 0 Å². The minimum atomic E-state index is 0. The van der Waals surface area contributed by atoms with Gasteiger partial charge in [0.15, 0.2) is 0 Å². The van der Waals surface area contributed by atoms with Crippen molar-refractivity contribution in [3.8, 4) is 0 Å². The molecular weight excluding hydrogens is 238 g/mol. The molecular formula is C12H16ClN3O. The van der Waals surface area contributed by atoms with Crippen molar-refractivity contribution < 1.29 is 4.52 Å². The van der Waals surface area contributed by atoms with E-state index in [9.17, 15) is 0 Å². The van der Waals surface area contributed by atoms with Crippen molar-refractivity contribution in [3.05, 3.63) is 47.9 Å². The van der Waals surface area contributed by atoms with Crippen LogP contribution in [-0.4, -0.2) is 17.1 Å². The minimum absolute atomic E-state index is 0. The molecule has 0 atom stereocenters. The van der Waals surface area contributed by atoms with E-state index < -0.39 is 0 Å². The molecule has 0 aliphatic rings. The molecule has 0 saturated heterocycles. The molecule has 0 aliphatic carbocycles. The summed E-state index contributed by atoms with van der Waals surface area (Å²) < 4.78 is 4.79. The Kier molecular flexibility index (Phi) is 5.00. The minimum Gasteiger partial charge on any atom is -0.399 e. The number of rotatable bonds is 4. The molecule has 0 saturated carbocycles. The number of anilines is 1. The lowest BCUT2D eigenvalue weighted by Gasteiger charge is -2.15. The Morgan fingerprint density at radius 3 is 2.76 bits per heavy atom. The largest absolute Gasteiger partial charge is 0.399 e. The normalized spacial score (nSPS) is 10.2. The Hall–Kier alpha value is -1.52. The first-order valence-corrected chi connectivity index (χ1v) is 5.16. The summed E-state index contributed by atoms with van der Waals surface area (Å²) in [6, 6.07) is 9.78. The van der Waals surface area contributed by atoms with E-state index in [0.29, 0.717) is 0 Å². The second-order valence-electron chi connectivity index (χ2n) is 3.91. The number of aromatic nitrogens is 1. The van der Waals surface area contributed by atoms with Crippen molar-refractivity contribution >= 4 is 18.1 Å². The zero-order valence-corrected chi connectivity index (χ0v) is 10.5. The van der Waals surface area contributed by atoms with Crippen LogP contribution in [0, 0.1) is 0 Å². The maximum absolute atomic E-state index is 5.72. The molecule has 1 heterocycles. The second-order valence-corrected chi connectivity index (χ2v) is 3.91. The van der Waals surface area contributed by atoms with Gasteiger partial charge in [0.2, 0.25) is 0 Å². The van der Waals surface area contributed by atoms with Gasteiger partial charge < -0.3 is 10.3 Å². The Bertz CT molecular complexity index is 445. The third-order valence-electron chi connectivity index (χ3n) is 2.33. The summed E-state index contributed by atoms with van der Waals surface area (Å²) in [5.41, 5.74) is 8.66. The lowest BCUT2D eigenvalue weighted by Crippen LogP contribution is -2.17. The van der Waals surface area contributed by atoms with Crippen molar-refractivity contribution in [2.24, 2.45) is 0 Å². The number of nitrogen functional groups attached to an aromatic ring is 1. The van der Waals surface area contributed by atoms with E-state index in [0.717, 1.165) is 24.5 Å². The van der Waals surface area contributed by atoms with Crippen LogP contribution in [-0.2, 0) is 13.1 Å². The van der Waals surface area contributed by atoms with Crippen molar-refractivity contribution in [3.63, 3.8) is 0 Å². The van der Waals surface area contributed by atoms with Gasteiger partial charge in [0.1, 0.15) is 6.26 Å². The van der Waals surface area contributed by atoms with E-state index in [1.165, 1.54) is 5.56 Å². The zero-order valence-electron chi connectivity index (χ0n) is 9.67. The third-order valence-corrected chi connectivity index (χ3v) is 2.33. The molecule has 0 bridgehead atoms. The van der Waals surface area contributed by atoms with Crippen LogP contribution in [0.1, 0.15) is 11.3 Å². The van der Waals surface area contributed by atoms with Gasteiger partial charge >= 0.3 is 0 Å². The van der Waals surface area contributed by atoms with Crippen molar-refractivity contribution in [1.82, 2.24) is 10.1 Å². The smallest absolute Gasteiger partial charge is 0.124 e. The van der Waals surface area contributed by atoms with Crippen LogP contribution in [0.2, 0.25) is 0 Å². The molecule has 2 N–H and O–H groups in total. The fourth-order valence-corrected chi connectivity index (χ4v) is 1.65. The molecule has 0 aliphatic heterocycles. The van der Waals surface area contributed by atoms with Gasteiger partial charge in [0, 0.05) is 24.8 Å². The van der Waals surface area contributed by atoms with Crippen molar-refractivity contribution in [1.29, 1.82) is 0 Å². The molecule has 17 heavy (non-hydrogen) atoms. The topological polar surface area (TPSA) is 55.3 Å². The van der Waals surface area contributed by atoms with Gasteiger partial charge in [0.25, 0.3) is 0 Å². The number of halogens is 1. The average molecular weight is 254 g/mol. The molecule has 4 nitrogen and oxygen atoms in total. The molecule has 1 aromatic carbocycles. The Morgan fingerprint density at radius 2 is 2.12 bits per heavy atom. The average Bonchev–Trinajstić information content (AvgIpc) is 2.70. The lowest BCUT2D eigenvalue weighted by molar-refractivity contribution is 0.303. The third kappa shape index (κ3) is 4.09. The SMILES string of the molecule is CN(Cc1cccc(N)c1)Cc1ccon1.Cl. The number of benzene rings is 1. The molecule has 0 spiro atoms. The summed E-state index contributed by atoms with van der Waals surface area (Å²) in [6.07, 6.45) is 1.59. The lowest BCUT2D eigenvalue weighted by atomic mass is 10.2. The highest BCUT2D eigenvalue weighted by Crippen LogP contribution is 2.10. The fraction of sp³-hybridized carbons (Fsp3) is 0.250. The molecule has 0 radical (unpaired) electrons. The Labute approximate surface area is 107 Å². The van der Waals surface area contributed by atoms with Crippen LogP contribution < -0.4 is 5.73 Å². The molecule has 0 unspecified atom stereocenters. The van der Waals surface area contributed by atoms with E-state index in [2.05, 4.69) is 16.1 Å². The second kappa shape index (κ2) is 6.27. The molecule has 2 aromatic rings. The van der Waals surface area contributed by atoms with Gasteiger partial charge in [-0.1, -0.05) is 17.3 Å². The standard InChI is InChI=1S/C12H15N3O.ClH/c1-15(9-12-5-6-16-14-12)8-10-3-2-4-11(13)7-10;/h2-7H,8-9,13H2,1H3;1H. The summed E-state index contributed by atoms with van der Waals surface area (Å²) in [5.74, 6) is 0. The molecule has 92 valence electrons. The first-order valence-electron chi connectivity index (χ1n) is 5.16. The Balaban J connectivity index is 0.00000144. The van der Waals surface area contributed by atoms with Gasteiger partial charge in [0.05, 0.1) is 5.69 Å². The summed E-state index contributed by atoms with van der Waals surface area (Å²) in [5, 5.41) is 3.87.